The van der Waals surface area contributed by atoms with Crippen molar-refractivity contribution in [2.24, 2.45) is 0 Å². The molecule has 1 aliphatic heterocycles. The van der Waals surface area contributed by atoms with Gasteiger partial charge in [-0.05, 0) is 57.5 Å². The van der Waals surface area contributed by atoms with Crippen LogP contribution in [0.2, 0.25) is 0 Å². The molecule has 1 heterocycles. The largest absolute Gasteiger partial charge is 0.493 e. The first-order valence-corrected chi connectivity index (χ1v) is 10.6. The summed E-state index contributed by atoms with van der Waals surface area (Å²) in [5.41, 5.74) is 1.85. The number of rotatable bonds is 6. The SMILES string of the molecule is COc1cc2c(cc1OC)/C(=C\c1ccc(OC(=O)[C@H](C)NC(=O)OC(C)(C)C)cc1)C(=O)N2. The Morgan fingerprint density at radius 2 is 1.65 bits per heavy atom. The number of fused-ring (bicyclic) bond motifs is 1. The second-order valence-electron chi connectivity index (χ2n) is 8.62. The van der Waals surface area contributed by atoms with Crippen molar-refractivity contribution in [3.63, 3.8) is 0 Å². The van der Waals surface area contributed by atoms with Crippen molar-refractivity contribution in [1.82, 2.24) is 5.32 Å². The minimum absolute atomic E-state index is 0.247. The summed E-state index contributed by atoms with van der Waals surface area (Å²) in [6, 6.07) is 9.19. The second kappa shape index (κ2) is 9.86. The Hall–Kier alpha value is -4.01. The number of benzene rings is 2. The molecular formula is C25H28N2O7. The summed E-state index contributed by atoms with van der Waals surface area (Å²) in [4.78, 5) is 36.6. The summed E-state index contributed by atoms with van der Waals surface area (Å²) >= 11 is 0. The van der Waals surface area contributed by atoms with Crippen LogP contribution in [-0.2, 0) is 14.3 Å². The molecule has 0 aromatic heterocycles. The zero-order chi connectivity index (χ0) is 25.0. The number of hydrogen-bond donors (Lipinski definition) is 2. The number of ether oxygens (including phenoxy) is 4. The molecule has 2 N–H and O–H groups in total. The minimum atomic E-state index is -0.901. The van der Waals surface area contributed by atoms with Gasteiger partial charge in [0.05, 0.1) is 19.9 Å². The number of carbonyl (C=O) groups excluding carboxylic acids is 3. The maximum Gasteiger partial charge on any atom is 0.408 e. The highest BCUT2D eigenvalue weighted by molar-refractivity contribution is 6.35. The summed E-state index contributed by atoms with van der Waals surface area (Å²) < 4.78 is 21.1. The van der Waals surface area contributed by atoms with Gasteiger partial charge in [0, 0.05) is 17.2 Å². The van der Waals surface area contributed by atoms with E-state index >= 15 is 0 Å². The quantitative estimate of drug-likeness (QED) is 0.374. The summed E-state index contributed by atoms with van der Waals surface area (Å²) in [6.07, 6.45) is 1.02. The van der Waals surface area contributed by atoms with Crippen LogP contribution in [0, 0.1) is 0 Å². The summed E-state index contributed by atoms with van der Waals surface area (Å²) in [6.45, 7) is 6.69. The average Bonchev–Trinajstić information content (AvgIpc) is 3.06. The van der Waals surface area contributed by atoms with Crippen LogP contribution in [0.3, 0.4) is 0 Å². The van der Waals surface area contributed by atoms with Gasteiger partial charge in [-0.25, -0.2) is 9.59 Å². The van der Waals surface area contributed by atoms with Crippen LogP contribution in [0.5, 0.6) is 17.2 Å². The first kappa shape index (κ1) is 24.6. The van der Waals surface area contributed by atoms with E-state index in [2.05, 4.69) is 10.6 Å². The highest BCUT2D eigenvalue weighted by atomic mass is 16.6. The van der Waals surface area contributed by atoms with Gasteiger partial charge in [-0.15, -0.1) is 0 Å². The molecule has 1 aliphatic rings. The lowest BCUT2D eigenvalue weighted by atomic mass is 10.0. The molecule has 3 rings (SSSR count). The predicted octanol–water partition coefficient (Wildman–Crippen LogP) is 4.02. The third-order valence-electron chi connectivity index (χ3n) is 4.80. The first-order valence-electron chi connectivity index (χ1n) is 10.6. The molecule has 0 unspecified atom stereocenters. The summed E-state index contributed by atoms with van der Waals surface area (Å²) in [7, 11) is 3.06. The summed E-state index contributed by atoms with van der Waals surface area (Å²) in [5.74, 6) is 0.446. The Balaban J connectivity index is 1.70. The van der Waals surface area contributed by atoms with E-state index in [1.807, 2.05) is 0 Å². The third kappa shape index (κ3) is 5.86. The molecule has 0 fully saturated rings. The Kier molecular flexibility index (Phi) is 7.14. The molecule has 0 saturated carbocycles. The van der Waals surface area contributed by atoms with Gasteiger partial charge in [0.2, 0.25) is 0 Å². The number of alkyl carbamates (subject to hydrolysis) is 1. The van der Waals surface area contributed by atoms with Crippen molar-refractivity contribution < 1.29 is 33.3 Å². The normalized spacial score (nSPS) is 14.6. The van der Waals surface area contributed by atoms with Crippen LogP contribution in [0.25, 0.3) is 11.6 Å². The van der Waals surface area contributed by atoms with Gasteiger partial charge < -0.3 is 29.6 Å². The van der Waals surface area contributed by atoms with Gasteiger partial charge in [-0.2, -0.15) is 0 Å². The molecule has 1 atom stereocenters. The standard InChI is InChI=1S/C25H28N2O7/c1-14(26-24(30)34-25(2,3)4)23(29)33-16-9-7-15(8-10-16)11-18-17-12-20(31-5)21(32-6)13-19(17)27-22(18)28/h7-14H,1-6H3,(H,26,30)(H,27,28)/b18-11+/t14-/m0/s1. The van der Waals surface area contributed by atoms with Gasteiger partial charge in [-0.1, -0.05) is 12.1 Å². The number of methoxy groups -OCH3 is 2. The molecule has 0 spiro atoms. The van der Waals surface area contributed by atoms with Crippen molar-refractivity contribution in [2.45, 2.75) is 39.3 Å². The van der Waals surface area contributed by atoms with Crippen LogP contribution < -0.4 is 24.8 Å². The highest BCUT2D eigenvalue weighted by Gasteiger charge is 2.27. The van der Waals surface area contributed by atoms with E-state index in [1.54, 1.807) is 63.2 Å². The molecule has 2 amide bonds. The lowest BCUT2D eigenvalue weighted by molar-refractivity contribution is -0.136. The van der Waals surface area contributed by atoms with Crippen LogP contribution in [0.4, 0.5) is 10.5 Å². The molecule has 0 aliphatic carbocycles. The molecule has 2 aromatic carbocycles. The van der Waals surface area contributed by atoms with E-state index < -0.39 is 23.7 Å². The number of esters is 1. The molecule has 0 radical (unpaired) electrons. The van der Waals surface area contributed by atoms with E-state index in [0.29, 0.717) is 34.1 Å². The van der Waals surface area contributed by atoms with Gasteiger partial charge in [-0.3, -0.25) is 4.79 Å². The average molecular weight is 469 g/mol. The maximum absolute atomic E-state index is 12.5. The fourth-order valence-electron chi connectivity index (χ4n) is 3.21. The molecule has 9 heteroatoms. The van der Waals surface area contributed by atoms with E-state index in [9.17, 15) is 14.4 Å². The fraction of sp³-hybridized carbons (Fsp3) is 0.320. The highest BCUT2D eigenvalue weighted by Crippen LogP contribution is 2.41. The molecule has 9 nitrogen and oxygen atoms in total. The zero-order valence-corrected chi connectivity index (χ0v) is 20.0. The maximum atomic E-state index is 12.5. The van der Waals surface area contributed by atoms with Crippen molar-refractivity contribution >= 4 is 35.3 Å². The molecule has 34 heavy (non-hydrogen) atoms. The second-order valence-corrected chi connectivity index (χ2v) is 8.62. The van der Waals surface area contributed by atoms with Gasteiger partial charge >= 0.3 is 12.1 Å². The number of amides is 2. The third-order valence-corrected chi connectivity index (χ3v) is 4.80. The van der Waals surface area contributed by atoms with Crippen molar-refractivity contribution in [3.05, 3.63) is 47.5 Å². The van der Waals surface area contributed by atoms with Gasteiger partial charge in [0.15, 0.2) is 11.5 Å². The Morgan fingerprint density at radius 3 is 2.24 bits per heavy atom. The van der Waals surface area contributed by atoms with Crippen molar-refractivity contribution in [2.75, 3.05) is 19.5 Å². The van der Waals surface area contributed by atoms with Crippen LogP contribution in [0.1, 0.15) is 38.8 Å². The first-order chi connectivity index (χ1) is 16.0. The van der Waals surface area contributed by atoms with Crippen molar-refractivity contribution in [3.8, 4) is 17.2 Å². The molecule has 0 saturated heterocycles. The Morgan fingerprint density at radius 1 is 1.03 bits per heavy atom. The molecule has 0 bridgehead atoms. The lowest BCUT2D eigenvalue weighted by Gasteiger charge is -2.21. The number of hydrogen-bond acceptors (Lipinski definition) is 7. The number of anilines is 1. The zero-order valence-electron chi connectivity index (χ0n) is 20.0. The van der Waals surface area contributed by atoms with E-state index in [-0.39, 0.29) is 5.91 Å². The Bertz CT molecular complexity index is 1130. The lowest BCUT2D eigenvalue weighted by Crippen LogP contribution is -2.43. The number of nitrogens with one attached hydrogen (secondary N) is 2. The Labute approximate surface area is 198 Å². The van der Waals surface area contributed by atoms with Gasteiger partial charge in [0.25, 0.3) is 5.91 Å². The minimum Gasteiger partial charge on any atom is -0.493 e. The van der Waals surface area contributed by atoms with Crippen LogP contribution >= 0.6 is 0 Å². The fourth-order valence-corrected chi connectivity index (χ4v) is 3.21. The van der Waals surface area contributed by atoms with Crippen molar-refractivity contribution in [1.29, 1.82) is 0 Å². The van der Waals surface area contributed by atoms with E-state index in [4.69, 9.17) is 18.9 Å². The smallest absolute Gasteiger partial charge is 0.408 e. The topological polar surface area (TPSA) is 112 Å². The van der Waals surface area contributed by atoms with Crippen LogP contribution in [-0.4, -0.2) is 43.8 Å². The molecule has 180 valence electrons. The summed E-state index contributed by atoms with van der Waals surface area (Å²) in [5, 5.41) is 5.26. The molecule has 2 aromatic rings. The monoisotopic (exact) mass is 468 g/mol. The molecular weight excluding hydrogens is 440 g/mol. The van der Waals surface area contributed by atoms with E-state index in [0.717, 1.165) is 5.56 Å². The van der Waals surface area contributed by atoms with Crippen LogP contribution in [0.15, 0.2) is 36.4 Å². The van der Waals surface area contributed by atoms with E-state index in [1.165, 1.54) is 21.1 Å². The van der Waals surface area contributed by atoms with Gasteiger partial charge in [0.1, 0.15) is 17.4 Å². The predicted molar refractivity (Wildman–Crippen MR) is 127 cm³/mol. The number of carbonyl (C=O) groups is 3.